The molecule has 24 heavy (non-hydrogen) atoms. The van der Waals surface area contributed by atoms with Crippen molar-refractivity contribution in [3.63, 3.8) is 0 Å². The van der Waals surface area contributed by atoms with E-state index in [0.29, 0.717) is 0 Å². The molecule has 5 rings (SSSR count). The van der Waals surface area contributed by atoms with Gasteiger partial charge in [0.05, 0.1) is 0 Å². The van der Waals surface area contributed by atoms with E-state index < -0.39 is 0 Å². The zero-order chi connectivity index (χ0) is 16.1. The van der Waals surface area contributed by atoms with Gasteiger partial charge in [0.25, 0.3) is 0 Å². The molecule has 0 fully saturated rings. The van der Waals surface area contributed by atoms with Crippen LogP contribution in [0.5, 0.6) is 0 Å². The summed E-state index contributed by atoms with van der Waals surface area (Å²) < 4.78 is 3.86. The summed E-state index contributed by atoms with van der Waals surface area (Å²) in [6.45, 7) is 0. The Morgan fingerprint density at radius 1 is 0.542 bits per heavy atom. The molecule has 114 valence electrons. The maximum Gasteiger partial charge on any atom is 0.0434 e. The van der Waals surface area contributed by atoms with Gasteiger partial charge in [0, 0.05) is 30.2 Å². The van der Waals surface area contributed by atoms with E-state index >= 15 is 0 Å². The standard InChI is InChI=1S/C22H13BrS/c23-20-13-12-15(14-6-1-2-7-16(14)20)18-9-5-10-19-17-8-3-4-11-21(17)24-22(18)19/h1-13H. The zero-order valence-electron chi connectivity index (χ0n) is 12.8. The first-order chi connectivity index (χ1) is 11.8. The second-order valence-corrected chi connectivity index (χ2v) is 7.83. The molecular formula is C22H13BrS. The smallest absolute Gasteiger partial charge is 0.0434 e. The number of thiophene rings is 1. The van der Waals surface area contributed by atoms with Gasteiger partial charge in [0.2, 0.25) is 0 Å². The Morgan fingerprint density at radius 2 is 1.25 bits per heavy atom. The Bertz CT molecular complexity index is 1220. The lowest BCUT2D eigenvalue weighted by Gasteiger charge is -2.09. The molecule has 0 unspecified atom stereocenters. The quantitative estimate of drug-likeness (QED) is 0.276. The van der Waals surface area contributed by atoms with Crippen LogP contribution in [0.4, 0.5) is 0 Å². The monoisotopic (exact) mass is 388 g/mol. The first kappa shape index (κ1) is 14.2. The van der Waals surface area contributed by atoms with E-state index in [1.807, 2.05) is 11.3 Å². The minimum atomic E-state index is 1.14. The van der Waals surface area contributed by atoms with E-state index in [1.54, 1.807) is 0 Å². The van der Waals surface area contributed by atoms with Gasteiger partial charge in [-0.05, 0) is 28.5 Å². The number of halogens is 1. The van der Waals surface area contributed by atoms with Crippen molar-refractivity contribution in [1.82, 2.24) is 0 Å². The van der Waals surface area contributed by atoms with Crippen molar-refractivity contribution in [2.45, 2.75) is 0 Å². The molecule has 0 nitrogen and oxygen atoms in total. The lowest BCUT2D eigenvalue weighted by molar-refractivity contribution is 1.68. The normalized spacial score (nSPS) is 11.5. The summed E-state index contributed by atoms with van der Waals surface area (Å²) in [5.74, 6) is 0. The summed E-state index contributed by atoms with van der Waals surface area (Å²) in [6.07, 6.45) is 0. The Labute approximate surface area is 152 Å². The molecule has 0 aliphatic carbocycles. The van der Waals surface area contributed by atoms with Crippen LogP contribution in [0.2, 0.25) is 0 Å². The lowest BCUT2D eigenvalue weighted by Crippen LogP contribution is -1.83. The fourth-order valence-electron chi connectivity index (χ4n) is 3.46. The summed E-state index contributed by atoms with van der Waals surface area (Å²) >= 11 is 5.57. The minimum absolute atomic E-state index is 1.14. The predicted molar refractivity (Wildman–Crippen MR) is 110 cm³/mol. The molecule has 1 aromatic heterocycles. The van der Waals surface area contributed by atoms with Gasteiger partial charge in [-0.1, -0.05) is 82.7 Å². The number of rotatable bonds is 1. The molecule has 5 aromatic rings. The fourth-order valence-corrected chi connectivity index (χ4v) is 5.16. The number of hydrogen-bond donors (Lipinski definition) is 0. The molecular weight excluding hydrogens is 376 g/mol. The van der Waals surface area contributed by atoms with Crippen molar-refractivity contribution in [3.8, 4) is 11.1 Å². The van der Waals surface area contributed by atoms with Crippen molar-refractivity contribution < 1.29 is 0 Å². The first-order valence-corrected chi connectivity index (χ1v) is 9.52. The summed E-state index contributed by atoms with van der Waals surface area (Å²) in [5, 5.41) is 5.24. The van der Waals surface area contributed by atoms with Crippen LogP contribution in [-0.2, 0) is 0 Å². The van der Waals surface area contributed by atoms with Gasteiger partial charge in [-0.2, -0.15) is 0 Å². The molecule has 1 heterocycles. The topological polar surface area (TPSA) is 0 Å². The summed E-state index contributed by atoms with van der Waals surface area (Å²) in [7, 11) is 0. The van der Waals surface area contributed by atoms with Gasteiger partial charge in [-0.25, -0.2) is 0 Å². The second-order valence-electron chi connectivity index (χ2n) is 5.92. The van der Waals surface area contributed by atoms with Gasteiger partial charge < -0.3 is 0 Å². The average molecular weight is 389 g/mol. The maximum absolute atomic E-state index is 3.68. The van der Waals surface area contributed by atoms with E-state index in [9.17, 15) is 0 Å². The third kappa shape index (κ3) is 2.03. The van der Waals surface area contributed by atoms with Crippen LogP contribution >= 0.6 is 27.3 Å². The SMILES string of the molecule is Brc1ccc(-c2cccc3c2sc2ccccc23)c2ccccc12. The van der Waals surface area contributed by atoms with Gasteiger partial charge in [0.15, 0.2) is 0 Å². The third-order valence-corrected chi connectivity index (χ3v) is 6.48. The fraction of sp³-hybridized carbons (Fsp3) is 0. The Morgan fingerprint density at radius 3 is 2.12 bits per heavy atom. The van der Waals surface area contributed by atoms with Crippen molar-refractivity contribution >= 4 is 58.2 Å². The highest BCUT2D eigenvalue weighted by molar-refractivity contribution is 9.10. The van der Waals surface area contributed by atoms with Crippen LogP contribution in [0.15, 0.2) is 83.3 Å². The highest BCUT2D eigenvalue weighted by Gasteiger charge is 2.12. The Hall–Kier alpha value is -2.16. The molecule has 0 N–H and O–H groups in total. The lowest BCUT2D eigenvalue weighted by atomic mass is 9.97. The van der Waals surface area contributed by atoms with Gasteiger partial charge in [-0.3, -0.25) is 0 Å². The second kappa shape index (κ2) is 5.44. The molecule has 0 aliphatic heterocycles. The van der Waals surface area contributed by atoms with Crippen LogP contribution in [0.3, 0.4) is 0 Å². The van der Waals surface area contributed by atoms with E-state index in [2.05, 4.69) is 94.8 Å². The molecule has 2 heteroatoms. The molecule has 0 spiro atoms. The highest BCUT2D eigenvalue weighted by Crippen LogP contribution is 2.42. The van der Waals surface area contributed by atoms with Gasteiger partial charge >= 0.3 is 0 Å². The maximum atomic E-state index is 3.68. The Balaban J connectivity index is 1.92. The number of benzene rings is 4. The molecule has 0 saturated carbocycles. The average Bonchev–Trinajstić information content (AvgIpc) is 3.01. The molecule has 0 bridgehead atoms. The largest absolute Gasteiger partial charge is 0.135 e. The molecule has 0 amide bonds. The van der Waals surface area contributed by atoms with E-state index in [4.69, 9.17) is 0 Å². The van der Waals surface area contributed by atoms with Crippen LogP contribution in [0, 0.1) is 0 Å². The summed E-state index contributed by atoms with van der Waals surface area (Å²) in [5.41, 5.74) is 2.61. The zero-order valence-corrected chi connectivity index (χ0v) is 15.2. The minimum Gasteiger partial charge on any atom is -0.135 e. The van der Waals surface area contributed by atoms with E-state index in [0.717, 1.165) is 4.47 Å². The summed E-state index contributed by atoms with van der Waals surface area (Å²) in [6, 6.07) is 28.3. The van der Waals surface area contributed by atoms with Gasteiger partial charge in [0.1, 0.15) is 0 Å². The molecule has 0 aliphatic rings. The van der Waals surface area contributed by atoms with Crippen molar-refractivity contribution in [2.24, 2.45) is 0 Å². The molecule has 0 saturated heterocycles. The van der Waals surface area contributed by atoms with Crippen LogP contribution in [-0.4, -0.2) is 0 Å². The number of hydrogen-bond acceptors (Lipinski definition) is 1. The Kier molecular flexibility index (Phi) is 3.22. The third-order valence-electron chi connectivity index (χ3n) is 4.57. The van der Waals surface area contributed by atoms with Crippen LogP contribution < -0.4 is 0 Å². The molecule has 4 aromatic carbocycles. The number of fused-ring (bicyclic) bond motifs is 4. The highest BCUT2D eigenvalue weighted by atomic mass is 79.9. The van der Waals surface area contributed by atoms with Crippen molar-refractivity contribution in [3.05, 3.63) is 83.3 Å². The van der Waals surface area contributed by atoms with Crippen molar-refractivity contribution in [1.29, 1.82) is 0 Å². The van der Waals surface area contributed by atoms with Crippen LogP contribution in [0.25, 0.3) is 42.1 Å². The first-order valence-electron chi connectivity index (χ1n) is 7.91. The molecule has 0 atom stereocenters. The van der Waals surface area contributed by atoms with Crippen LogP contribution in [0.1, 0.15) is 0 Å². The predicted octanol–water partition coefficient (Wildman–Crippen LogP) is 7.64. The molecule has 0 radical (unpaired) electrons. The summed E-state index contributed by atoms with van der Waals surface area (Å²) in [4.78, 5) is 0. The van der Waals surface area contributed by atoms with Gasteiger partial charge in [-0.15, -0.1) is 11.3 Å². The van der Waals surface area contributed by atoms with Crippen molar-refractivity contribution in [2.75, 3.05) is 0 Å². The van der Waals surface area contributed by atoms with E-state index in [1.165, 1.54) is 42.1 Å². The van der Waals surface area contributed by atoms with E-state index in [-0.39, 0.29) is 0 Å².